The minimum Gasteiger partial charge on any atom is -0.497 e. The number of aromatic nitrogens is 1. The van der Waals surface area contributed by atoms with Gasteiger partial charge in [-0.05, 0) is 18.2 Å². The van der Waals surface area contributed by atoms with Crippen LogP contribution in [0, 0.1) is 0 Å². The van der Waals surface area contributed by atoms with E-state index in [4.69, 9.17) is 19.9 Å². The van der Waals surface area contributed by atoms with E-state index in [0.29, 0.717) is 23.2 Å². The highest BCUT2D eigenvalue weighted by atomic mass is 16.5. The molecule has 0 aliphatic carbocycles. The van der Waals surface area contributed by atoms with Crippen molar-refractivity contribution in [2.24, 2.45) is 0 Å². The molecule has 1 aromatic carbocycles. The number of rotatable bonds is 4. The molecule has 18 heavy (non-hydrogen) atoms. The molecule has 0 radical (unpaired) electrons. The maximum Gasteiger partial charge on any atom is 0.240 e. The van der Waals surface area contributed by atoms with Gasteiger partial charge in [0.15, 0.2) is 0 Å². The SMILES string of the molecule is COc1cccc(Oc2ccc(N)c(OC)n2)c1. The third-order valence-corrected chi connectivity index (χ3v) is 2.32. The number of hydrogen-bond acceptors (Lipinski definition) is 5. The average molecular weight is 246 g/mol. The van der Waals surface area contributed by atoms with Crippen LogP contribution in [0.15, 0.2) is 36.4 Å². The number of ether oxygens (including phenoxy) is 3. The van der Waals surface area contributed by atoms with Crippen molar-refractivity contribution in [3.8, 4) is 23.3 Å². The first-order valence-electron chi connectivity index (χ1n) is 5.35. The van der Waals surface area contributed by atoms with Gasteiger partial charge in [-0.3, -0.25) is 0 Å². The van der Waals surface area contributed by atoms with Gasteiger partial charge in [0.05, 0.1) is 19.9 Å². The van der Waals surface area contributed by atoms with E-state index < -0.39 is 0 Å². The Morgan fingerprint density at radius 1 is 1.00 bits per heavy atom. The Morgan fingerprint density at radius 3 is 2.50 bits per heavy atom. The maximum absolute atomic E-state index is 5.68. The smallest absolute Gasteiger partial charge is 0.240 e. The normalized spacial score (nSPS) is 9.89. The van der Waals surface area contributed by atoms with Gasteiger partial charge in [-0.15, -0.1) is 0 Å². The minimum absolute atomic E-state index is 0.343. The number of pyridine rings is 1. The molecule has 0 aliphatic heterocycles. The Bertz CT molecular complexity index is 544. The number of nitrogen functional groups attached to an aromatic ring is 1. The number of benzene rings is 1. The van der Waals surface area contributed by atoms with Gasteiger partial charge in [0.25, 0.3) is 0 Å². The van der Waals surface area contributed by atoms with Crippen molar-refractivity contribution < 1.29 is 14.2 Å². The predicted molar refractivity (Wildman–Crippen MR) is 68.3 cm³/mol. The van der Waals surface area contributed by atoms with Crippen molar-refractivity contribution in [2.75, 3.05) is 20.0 Å². The van der Waals surface area contributed by atoms with Crippen LogP contribution in [0.4, 0.5) is 5.69 Å². The van der Waals surface area contributed by atoms with E-state index in [0.717, 1.165) is 5.75 Å². The van der Waals surface area contributed by atoms with E-state index in [1.54, 1.807) is 25.3 Å². The number of methoxy groups -OCH3 is 2. The van der Waals surface area contributed by atoms with Crippen molar-refractivity contribution in [2.45, 2.75) is 0 Å². The lowest BCUT2D eigenvalue weighted by atomic mass is 10.3. The molecule has 94 valence electrons. The first-order valence-corrected chi connectivity index (χ1v) is 5.35. The lowest BCUT2D eigenvalue weighted by Crippen LogP contribution is -1.97. The fourth-order valence-electron chi connectivity index (χ4n) is 1.44. The summed E-state index contributed by atoms with van der Waals surface area (Å²) in [6.07, 6.45) is 0. The van der Waals surface area contributed by atoms with E-state index >= 15 is 0 Å². The molecule has 0 saturated carbocycles. The molecule has 0 bridgehead atoms. The lowest BCUT2D eigenvalue weighted by Gasteiger charge is -2.08. The molecule has 5 nitrogen and oxygen atoms in total. The summed E-state index contributed by atoms with van der Waals surface area (Å²) < 4.78 is 15.7. The van der Waals surface area contributed by atoms with Crippen LogP contribution in [0.2, 0.25) is 0 Å². The van der Waals surface area contributed by atoms with Crippen molar-refractivity contribution in [1.82, 2.24) is 4.98 Å². The Balaban J connectivity index is 2.22. The third kappa shape index (κ3) is 2.63. The minimum atomic E-state index is 0.343. The molecular weight excluding hydrogens is 232 g/mol. The fraction of sp³-hybridized carbons (Fsp3) is 0.154. The Kier molecular flexibility index (Phi) is 3.52. The topological polar surface area (TPSA) is 66.6 Å². The van der Waals surface area contributed by atoms with Gasteiger partial charge in [-0.2, -0.15) is 4.98 Å². The first-order chi connectivity index (χ1) is 8.72. The van der Waals surface area contributed by atoms with E-state index in [-0.39, 0.29) is 0 Å². The zero-order valence-electron chi connectivity index (χ0n) is 10.2. The zero-order chi connectivity index (χ0) is 13.0. The largest absolute Gasteiger partial charge is 0.497 e. The van der Waals surface area contributed by atoms with Crippen molar-refractivity contribution >= 4 is 5.69 Å². The summed E-state index contributed by atoms with van der Waals surface area (Å²) in [6, 6.07) is 10.6. The number of nitrogens with two attached hydrogens (primary N) is 1. The molecule has 0 saturated heterocycles. The van der Waals surface area contributed by atoms with E-state index in [1.807, 2.05) is 18.2 Å². The van der Waals surface area contributed by atoms with Crippen LogP contribution in [0.3, 0.4) is 0 Å². The molecule has 5 heteroatoms. The molecule has 0 spiro atoms. The van der Waals surface area contributed by atoms with Crippen LogP contribution < -0.4 is 19.9 Å². The number of hydrogen-bond donors (Lipinski definition) is 1. The Hall–Kier alpha value is -2.43. The van der Waals surface area contributed by atoms with Crippen molar-refractivity contribution in [1.29, 1.82) is 0 Å². The van der Waals surface area contributed by atoms with Crippen molar-refractivity contribution in [3.63, 3.8) is 0 Å². The van der Waals surface area contributed by atoms with E-state index in [2.05, 4.69) is 4.98 Å². The van der Waals surface area contributed by atoms with Gasteiger partial charge in [0.2, 0.25) is 11.8 Å². The molecule has 2 N–H and O–H groups in total. The summed E-state index contributed by atoms with van der Waals surface area (Å²) >= 11 is 0. The molecule has 2 rings (SSSR count). The quantitative estimate of drug-likeness (QED) is 0.897. The molecule has 0 atom stereocenters. The summed E-state index contributed by atoms with van der Waals surface area (Å²) in [7, 11) is 3.11. The molecule has 0 unspecified atom stereocenters. The summed E-state index contributed by atoms with van der Waals surface area (Å²) in [6.45, 7) is 0. The second-order valence-electron chi connectivity index (χ2n) is 3.53. The molecule has 0 aliphatic rings. The zero-order valence-corrected chi connectivity index (χ0v) is 10.2. The van der Waals surface area contributed by atoms with Crippen LogP contribution in [0.5, 0.6) is 23.3 Å². The van der Waals surface area contributed by atoms with Gasteiger partial charge >= 0.3 is 0 Å². The molecule has 0 amide bonds. The summed E-state index contributed by atoms with van der Waals surface area (Å²) in [5, 5.41) is 0. The first kappa shape index (κ1) is 12.0. The van der Waals surface area contributed by atoms with Gasteiger partial charge < -0.3 is 19.9 Å². The van der Waals surface area contributed by atoms with Crippen LogP contribution in [0.25, 0.3) is 0 Å². The van der Waals surface area contributed by atoms with E-state index in [9.17, 15) is 0 Å². The fourth-order valence-corrected chi connectivity index (χ4v) is 1.44. The number of nitrogens with zero attached hydrogens (tertiary/aromatic N) is 1. The van der Waals surface area contributed by atoms with Crippen LogP contribution in [0.1, 0.15) is 0 Å². The third-order valence-electron chi connectivity index (χ3n) is 2.32. The summed E-state index contributed by atoms with van der Waals surface area (Å²) in [5.41, 5.74) is 6.14. The van der Waals surface area contributed by atoms with Crippen LogP contribution >= 0.6 is 0 Å². The molecule has 2 aromatic rings. The molecule has 0 fully saturated rings. The molecule has 1 heterocycles. The maximum atomic E-state index is 5.68. The second kappa shape index (κ2) is 5.27. The monoisotopic (exact) mass is 246 g/mol. The molecule has 1 aromatic heterocycles. The predicted octanol–water partition coefficient (Wildman–Crippen LogP) is 2.47. The average Bonchev–Trinajstić information content (AvgIpc) is 2.41. The lowest BCUT2D eigenvalue weighted by molar-refractivity contribution is 0.383. The van der Waals surface area contributed by atoms with Crippen LogP contribution in [-0.2, 0) is 0 Å². The standard InChI is InChI=1S/C13H14N2O3/c1-16-9-4-3-5-10(8-9)18-12-7-6-11(14)13(15-12)17-2/h3-8H,14H2,1-2H3. The van der Waals surface area contributed by atoms with Gasteiger partial charge in [0, 0.05) is 12.1 Å². The summed E-state index contributed by atoms with van der Waals surface area (Å²) in [4.78, 5) is 4.13. The van der Waals surface area contributed by atoms with Gasteiger partial charge in [0.1, 0.15) is 11.5 Å². The molecular formula is C13H14N2O3. The van der Waals surface area contributed by atoms with Crippen molar-refractivity contribution in [3.05, 3.63) is 36.4 Å². The van der Waals surface area contributed by atoms with E-state index in [1.165, 1.54) is 7.11 Å². The highest BCUT2D eigenvalue weighted by molar-refractivity contribution is 5.49. The Labute approximate surface area is 105 Å². The van der Waals surface area contributed by atoms with Gasteiger partial charge in [-0.1, -0.05) is 6.07 Å². The summed E-state index contributed by atoms with van der Waals surface area (Å²) in [5.74, 6) is 2.10. The second-order valence-corrected chi connectivity index (χ2v) is 3.53. The highest BCUT2D eigenvalue weighted by Gasteiger charge is 2.05. The van der Waals surface area contributed by atoms with Gasteiger partial charge in [-0.25, -0.2) is 0 Å². The number of anilines is 1. The highest BCUT2D eigenvalue weighted by Crippen LogP contribution is 2.27. The van der Waals surface area contributed by atoms with Crippen LogP contribution in [-0.4, -0.2) is 19.2 Å². The Morgan fingerprint density at radius 2 is 1.78 bits per heavy atom.